The molecule has 0 unspecified atom stereocenters. The zero-order valence-electron chi connectivity index (χ0n) is 9.49. The van der Waals surface area contributed by atoms with Crippen LogP contribution in [0.3, 0.4) is 0 Å². The zero-order valence-corrected chi connectivity index (χ0v) is 10.3. The Morgan fingerprint density at radius 1 is 1.38 bits per heavy atom. The zero-order chi connectivity index (χ0) is 11.4. The smallest absolute Gasteiger partial charge is 0.337 e. The normalized spacial score (nSPS) is 9.81. The van der Waals surface area contributed by atoms with Crippen LogP contribution in [0.1, 0.15) is 15.9 Å². The summed E-state index contributed by atoms with van der Waals surface area (Å²) < 4.78 is 17.7. The summed E-state index contributed by atoms with van der Waals surface area (Å²) >= 11 is 0. The number of nitrogens with zero attached hydrogens (tertiary/aromatic N) is 1. The fourth-order valence-corrected chi connectivity index (χ4v) is 1.34. The topological polar surface area (TPSA) is 29.5 Å². The largest absolute Gasteiger partial charge is 0.465 e. The van der Waals surface area contributed by atoms with Crippen LogP contribution >= 0.6 is 12.4 Å². The molecule has 0 saturated heterocycles. The van der Waals surface area contributed by atoms with Gasteiger partial charge in [-0.3, -0.25) is 0 Å². The van der Waals surface area contributed by atoms with Crippen molar-refractivity contribution in [1.82, 2.24) is 4.90 Å². The van der Waals surface area contributed by atoms with Crippen LogP contribution in [0.15, 0.2) is 18.2 Å². The predicted octanol–water partition coefficient (Wildman–Crippen LogP) is 2.10. The number of hydrogen-bond acceptors (Lipinski definition) is 3. The Balaban J connectivity index is 0.00000225. The van der Waals surface area contributed by atoms with Gasteiger partial charge >= 0.3 is 5.97 Å². The van der Waals surface area contributed by atoms with Crippen LogP contribution in [0.2, 0.25) is 0 Å². The van der Waals surface area contributed by atoms with Crippen LogP contribution in [0.4, 0.5) is 4.39 Å². The molecule has 1 aromatic carbocycles. The molecule has 0 bridgehead atoms. The van der Waals surface area contributed by atoms with Crippen molar-refractivity contribution in [2.45, 2.75) is 6.54 Å². The number of esters is 1. The second-order valence-electron chi connectivity index (χ2n) is 3.58. The average Bonchev–Trinajstić information content (AvgIpc) is 2.14. The van der Waals surface area contributed by atoms with Crippen molar-refractivity contribution in [3.63, 3.8) is 0 Å². The molecule has 0 spiro atoms. The van der Waals surface area contributed by atoms with Crippen LogP contribution in [0.25, 0.3) is 0 Å². The van der Waals surface area contributed by atoms with E-state index in [0.717, 1.165) is 5.56 Å². The number of rotatable bonds is 3. The summed E-state index contributed by atoms with van der Waals surface area (Å²) in [7, 11) is 5.03. The van der Waals surface area contributed by atoms with Crippen LogP contribution in [0.5, 0.6) is 0 Å². The van der Waals surface area contributed by atoms with Gasteiger partial charge in [-0.2, -0.15) is 0 Å². The molecule has 1 rings (SSSR count). The highest BCUT2D eigenvalue weighted by Crippen LogP contribution is 2.11. The fourth-order valence-electron chi connectivity index (χ4n) is 1.34. The summed E-state index contributed by atoms with van der Waals surface area (Å²) in [5.74, 6) is -0.941. The minimum absolute atomic E-state index is 0. The molecule has 0 aliphatic carbocycles. The van der Waals surface area contributed by atoms with E-state index in [4.69, 9.17) is 0 Å². The molecule has 0 aromatic heterocycles. The van der Waals surface area contributed by atoms with Gasteiger partial charge in [0.15, 0.2) is 0 Å². The van der Waals surface area contributed by atoms with E-state index in [1.165, 1.54) is 19.2 Å². The van der Waals surface area contributed by atoms with Gasteiger partial charge in [0.05, 0.1) is 12.7 Å². The Morgan fingerprint density at radius 3 is 2.50 bits per heavy atom. The van der Waals surface area contributed by atoms with Crippen LogP contribution < -0.4 is 0 Å². The average molecular weight is 248 g/mol. The van der Waals surface area contributed by atoms with E-state index in [-0.39, 0.29) is 18.0 Å². The molecule has 0 aliphatic rings. The van der Waals surface area contributed by atoms with Gasteiger partial charge in [0.1, 0.15) is 5.82 Å². The van der Waals surface area contributed by atoms with E-state index in [0.29, 0.717) is 6.54 Å². The van der Waals surface area contributed by atoms with Gasteiger partial charge in [0.25, 0.3) is 0 Å². The van der Waals surface area contributed by atoms with Gasteiger partial charge in [0.2, 0.25) is 0 Å². The minimum atomic E-state index is -0.519. The van der Waals surface area contributed by atoms with Crippen molar-refractivity contribution in [3.05, 3.63) is 35.1 Å². The van der Waals surface area contributed by atoms with Crippen molar-refractivity contribution in [1.29, 1.82) is 0 Å². The van der Waals surface area contributed by atoms with E-state index in [1.54, 1.807) is 6.07 Å². The molecule has 0 fully saturated rings. The van der Waals surface area contributed by atoms with Crippen molar-refractivity contribution >= 4 is 18.4 Å². The molecule has 5 heteroatoms. The van der Waals surface area contributed by atoms with Crippen LogP contribution in [-0.2, 0) is 11.3 Å². The molecule has 0 saturated carbocycles. The number of hydrogen-bond donors (Lipinski definition) is 0. The third-order valence-corrected chi connectivity index (χ3v) is 1.88. The summed E-state index contributed by atoms with van der Waals surface area (Å²) in [6, 6.07) is 4.21. The molecule has 0 amide bonds. The van der Waals surface area contributed by atoms with Crippen molar-refractivity contribution in [3.8, 4) is 0 Å². The standard InChI is InChI=1S/C11H14FNO2.ClH/c1-13(2)7-8-4-9(11(14)15-3)6-10(12)5-8;/h4-6H,7H2,1-3H3;1H. The number of ether oxygens (including phenoxy) is 1. The van der Waals surface area contributed by atoms with Crippen LogP contribution in [-0.4, -0.2) is 32.1 Å². The lowest BCUT2D eigenvalue weighted by molar-refractivity contribution is 0.0600. The first kappa shape index (κ1) is 14.9. The second kappa shape index (κ2) is 6.45. The molecule has 0 N–H and O–H groups in total. The molecule has 90 valence electrons. The van der Waals surface area contributed by atoms with E-state index < -0.39 is 11.8 Å². The third kappa shape index (κ3) is 4.16. The monoisotopic (exact) mass is 247 g/mol. The molecule has 0 radical (unpaired) electrons. The molecule has 0 aliphatic heterocycles. The van der Waals surface area contributed by atoms with Gasteiger partial charge in [-0.25, -0.2) is 9.18 Å². The highest BCUT2D eigenvalue weighted by molar-refractivity contribution is 5.89. The van der Waals surface area contributed by atoms with E-state index in [9.17, 15) is 9.18 Å². The van der Waals surface area contributed by atoms with Gasteiger partial charge in [-0.05, 0) is 37.9 Å². The summed E-state index contributed by atoms with van der Waals surface area (Å²) in [6.45, 7) is 0.585. The second-order valence-corrected chi connectivity index (χ2v) is 3.58. The maximum Gasteiger partial charge on any atom is 0.337 e. The first-order valence-corrected chi connectivity index (χ1v) is 4.55. The summed E-state index contributed by atoms with van der Waals surface area (Å²) in [5, 5.41) is 0. The molecular weight excluding hydrogens is 233 g/mol. The summed E-state index contributed by atoms with van der Waals surface area (Å²) in [4.78, 5) is 13.1. The quantitative estimate of drug-likeness (QED) is 0.766. The number of carbonyl (C=O) groups excluding carboxylic acids is 1. The van der Waals surface area contributed by atoms with E-state index >= 15 is 0 Å². The number of halogens is 2. The number of benzene rings is 1. The third-order valence-electron chi connectivity index (χ3n) is 1.88. The highest BCUT2D eigenvalue weighted by Gasteiger charge is 2.09. The highest BCUT2D eigenvalue weighted by atomic mass is 35.5. The lowest BCUT2D eigenvalue weighted by atomic mass is 10.1. The first-order valence-electron chi connectivity index (χ1n) is 4.55. The van der Waals surface area contributed by atoms with Gasteiger partial charge < -0.3 is 9.64 Å². The Morgan fingerprint density at radius 2 is 2.00 bits per heavy atom. The molecular formula is C11H15ClFNO2. The number of methoxy groups -OCH3 is 1. The van der Waals surface area contributed by atoms with Gasteiger partial charge in [-0.1, -0.05) is 0 Å². The Kier molecular flexibility index (Phi) is 6.00. The molecule has 1 aromatic rings. The van der Waals surface area contributed by atoms with Gasteiger partial charge in [0, 0.05) is 6.54 Å². The SMILES string of the molecule is COC(=O)c1cc(F)cc(CN(C)C)c1.Cl. The predicted molar refractivity (Wildman–Crippen MR) is 62.4 cm³/mol. The van der Waals surface area contributed by atoms with Crippen molar-refractivity contribution < 1.29 is 13.9 Å². The van der Waals surface area contributed by atoms with Gasteiger partial charge in [-0.15, -0.1) is 12.4 Å². The molecule has 3 nitrogen and oxygen atoms in total. The number of carbonyl (C=O) groups is 1. The fraction of sp³-hybridized carbons (Fsp3) is 0.364. The van der Waals surface area contributed by atoms with E-state index in [2.05, 4.69) is 4.74 Å². The Labute approximate surface area is 101 Å². The lowest BCUT2D eigenvalue weighted by Crippen LogP contribution is -2.12. The van der Waals surface area contributed by atoms with Crippen LogP contribution in [0, 0.1) is 5.82 Å². The maximum atomic E-state index is 13.1. The van der Waals surface area contributed by atoms with Crippen molar-refractivity contribution in [2.75, 3.05) is 21.2 Å². The molecule has 16 heavy (non-hydrogen) atoms. The summed E-state index contributed by atoms with van der Waals surface area (Å²) in [5.41, 5.74) is 0.995. The summed E-state index contributed by atoms with van der Waals surface area (Å²) in [6.07, 6.45) is 0. The molecule has 0 atom stereocenters. The lowest BCUT2D eigenvalue weighted by Gasteiger charge is -2.10. The van der Waals surface area contributed by atoms with E-state index in [1.807, 2.05) is 19.0 Å². The Bertz CT molecular complexity index is 369. The minimum Gasteiger partial charge on any atom is -0.465 e. The molecule has 0 heterocycles. The maximum absolute atomic E-state index is 13.1. The van der Waals surface area contributed by atoms with Crippen molar-refractivity contribution in [2.24, 2.45) is 0 Å². The first-order chi connectivity index (χ1) is 7.02. The Hall–Kier alpha value is -1.13.